The molecule has 114 valence electrons. The Morgan fingerprint density at radius 2 is 1.37 bits per heavy atom. The van der Waals surface area contributed by atoms with E-state index in [0.29, 0.717) is 6.04 Å². The Labute approximate surface area is 119 Å². The summed E-state index contributed by atoms with van der Waals surface area (Å²) in [6.45, 7) is 13.0. The minimum absolute atomic E-state index is 0.204. The molecule has 5 N–H and O–H groups in total. The van der Waals surface area contributed by atoms with E-state index in [0.717, 1.165) is 39.0 Å². The van der Waals surface area contributed by atoms with Gasteiger partial charge in [-0.25, -0.2) is 0 Å². The molecule has 1 aliphatic heterocycles. The molecule has 1 saturated heterocycles. The first-order valence-electron chi connectivity index (χ1n) is 7.73. The summed E-state index contributed by atoms with van der Waals surface area (Å²) in [5.41, 5.74) is 11.8. The second-order valence-corrected chi connectivity index (χ2v) is 7.28. The van der Waals surface area contributed by atoms with Gasteiger partial charge in [-0.05, 0) is 79.6 Å². The van der Waals surface area contributed by atoms with Crippen molar-refractivity contribution in [2.24, 2.45) is 11.5 Å². The highest BCUT2D eigenvalue weighted by Crippen LogP contribution is 2.31. The third-order valence-corrected chi connectivity index (χ3v) is 3.98. The van der Waals surface area contributed by atoms with Gasteiger partial charge in [0.1, 0.15) is 0 Å². The van der Waals surface area contributed by atoms with Crippen LogP contribution in [-0.4, -0.2) is 48.2 Å². The van der Waals surface area contributed by atoms with Crippen LogP contribution in [0.15, 0.2) is 0 Å². The minimum Gasteiger partial charge on any atom is -0.330 e. The molecule has 19 heavy (non-hydrogen) atoms. The van der Waals surface area contributed by atoms with E-state index in [9.17, 15) is 0 Å². The molecule has 0 atom stereocenters. The Hall–Kier alpha value is -0.160. The Morgan fingerprint density at radius 1 is 0.947 bits per heavy atom. The van der Waals surface area contributed by atoms with Gasteiger partial charge < -0.3 is 21.7 Å². The molecule has 4 heteroatoms. The van der Waals surface area contributed by atoms with Crippen LogP contribution in [0.5, 0.6) is 0 Å². The molecule has 1 aliphatic rings. The molecule has 0 bridgehead atoms. The van der Waals surface area contributed by atoms with Crippen LogP contribution >= 0.6 is 0 Å². The summed E-state index contributed by atoms with van der Waals surface area (Å²) in [5.74, 6) is 0. The number of hydrogen-bond acceptors (Lipinski definition) is 4. The molecule has 0 saturated carbocycles. The van der Waals surface area contributed by atoms with Crippen LogP contribution < -0.4 is 16.8 Å². The molecular formula is C15H34N4. The predicted octanol–water partition coefficient (Wildman–Crippen LogP) is 1.30. The van der Waals surface area contributed by atoms with Gasteiger partial charge in [-0.1, -0.05) is 0 Å². The summed E-state index contributed by atoms with van der Waals surface area (Å²) in [5, 5.41) is 3.75. The molecule has 1 heterocycles. The normalized spacial score (nSPS) is 22.9. The molecular weight excluding hydrogens is 236 g/mol. The predicted molar refractivity (Wildman–Crippen MR) is 83.2 cm³/mol. The largest absolute Gasteiger partial charge is 0.330 e. The average Bonchev–Trinajstić information content (AvgIpc) is 2.25. The second kappa shape index (κ2) is 7.02. The first-order chi connectivity index (χ1) is 8.79. The molecule has 0 aromatic heterocycles. The fourth-order valence-electron chi connectivity index (χ4n) is 3.59. The molecule has 0 aliphatic carbocycles. The maximum atomic E-state index is 5.68. The zero-order valence-electron chi connectivity index (χ0n) is 13.3. The third kappa shape index (κ3) is 5.78. The van der Waals surface area contributed by atoms with E-state index in [1.165, 1.54) is 12.8 Å². The molecule has 0 unspecified atom stereocenters. The van der Waals surface area contributed by atoms with E-state index >= 15 is 0 Å². The van der Waals surface area contributed by atoms with Gasteiger partial charge in [-0.2, -0.15) is 0 Å². The van der Waals surface area contributed by atoms with E-state index in [1.54, 1.807) is 0 Å². The van der Waals surface area contributed by atoms with Crippen LogP contribution in [0.1, 0.15) is 53.4 Å². The minimum atomic E-state index is 0.204. The van der Waals surface area contributed by atoms with E-state index in [1.807, 2.05) is 0 Å². The van der Waals surface area contributed by atoms with Crippen LogP contribution in [-0.2, 0) is 0 Å². The summed E-state index contributed by atoms with van der Waals surface area (Å²) in [6, 6.07) is 0.643. The van der Waals surface area contributed by atoms with Crippen molar-refractivity contribution in [2.75, 3.05) is 26.2 Å². The monoisotopic (exact) mass is 270 g/mol. The van der Waals surface area contributed by atoms with Crippen LogP contribution in [0.2, 0.25) is 0 Å². The first-order valence-corrected chi connectivity index (χ1v) is 7.73. The van der Waals surface area contributed by atoms with Crippen molar-refractivity contribution in [3.63, 3.8) is 0 Å². The molecule has 0 aromatic carbocycles. The van der Waals surface area contributed by atoms with Crippen molar-refractivity contribution in [2.45, 2.75) is 70.5 Å². The van der Waals surface area contributed by atoms with E-state index in [2.05, 4.69) is 37.9 Å². The van der Waals surface area contributed by atoms with Crippen LogP contribution in [0.4, 0.5) is 0 Å². The zero-order chi connectivity index (χ0) is 14.5. The molecule has 4 nitrogen and oxygen atoms in total. The van der Waals surface area contributed by atoms with Crippen molar-refractivity contribution >= 4 is 0 Å². The van der Waals surface area contributed by atoms with Crippen LogP contribution in [0.3, 0.4) is 0 Å². The maximum Gasteiger partial charge on any atom is 0.0145 e. The van der Waals surface area contributed by atoms with Crippen molar-refractivity contribution in [3.8, 4) is 0 Å². The number of rotatable bonds is 7. The lowest BCUT2D eigenvalue weighted by atomic mass is 9.79. The van der Waals surface area contributed by atoms with Gasteiger partial charge in [0.05, 0.1) is 0 Å². The lowest BCUT2D eigenvalue weighted by Crippen LogP contribution is -2.62. The first kappa shape index (κ1) is 16.9. The highest BCUT2D eigenvalue weighted by molar-refractivity contribution is 5.00. The molecule has 1 fully saturated rings. The molecule has 0 radical (unpaired) electrons. The summed E-state index contributed by atoms with van der Waals surface area (Å²) < 4.78 is 0. The lowest BCUT2D eigenvalue weighted by Gasteiger charge is -2.49. The Morgan fingerprint density at radius 3 is 1.74 bits per heavy atom. The Kier molecular flexibility index (Phi) is 6.24. The fourth-order valence-corrected chi connectivity index (χ4v) is 3.59. The Bertz CT molecular complexity index is 239. The summed E-state index contributed by atoms with van der Waals surface area (Å²) in [6.07, 6.45) is 4.56. The number of hydrogen-bond donors (Lipinski definition) is 3. The third-order valence-electron chi connectivity index (χ3n) is 3.98. The van der Waals surface area contributed by atoms with Crippen molar-refractivity contribution in [3.05, 3.63) is 0 Å². The van der Waals surface area contributed by atoms with Gasteiger partial charge in [0.25, 0.3) is 0 Å². The standard InChI is InChI=1S/C15H34N4/c1-14(2)11-13(12-15(3,4)18-14)19(9-5-7-16)10-6-8-17/h13,18H,5-12,16-17H2,1-4H3. The van der Waals surface area contributed by atoms with Crippen molar-refractivity contribution in [1.82, 2.24) is 10.2 Å². The highest BCUT2D eigenvalue weighted by atomic mass is 15.2. The molecule has 1 rings (SSSR count). The van der Waals surface area contributed by atoms with Crippen LogP contribution in [0, 0.1) is 0 Å². The van der Waals surface area contributed by atoms with E-state index < -0.39 is 0 Å². The van der Waals surface area contributed by atoms with E-state index in [-0.39, 0.29) is 11.1 Å². The van der Waals surface area contributed by atoms with Crippen molar-refractivity contribution < 1.29 is 0 Å². The van der Waals surface area contributed by atoms with Gasteiger partial charge in [-0.15, -0.1) is 0 Å². The quantitative estimate of drug-likeness (QED) is 0.652. The summed E-state index contributed by atoms with van der Waals surface area (Å²) in [7, 11) is 0. The fraction of sp³-hybridized carbons (Fsp3) is 1.00. The maximum absolute atomic E-state index is 5.68. The number of piperidine rings is 1. The Balaban J connectivity index is 2.69. The SMILES string of the molecule is CC1(C)CC(N(CCCN)CCCN)CC(C)(C)N1. The number of nitrogens with one attached hydrogen (secondary N) is 1. The summed E-state index contributed by atoms with van der Waals surface area (Å²) in [4.78, 5) is 2.62. The lowest BCUT2D eigenvalue weighted by molar-refractivity contribution is 0.0652. The average molecular weight is 270 g/mol. The van der Waals surface area contributed by atoms with Gasteiger partial charge in [0, 0.05) is 17.1 Å². The van der Waals surface area contributed by atoms with Crippen molar-refractivity contribution in [1.29, 1.82) is 0 Å². The van der Waals surface area contributed by atoms with E-state index in [4.69, 9.17) is 11.5 Å². The van der Waals surface area contributed by atoms with Gasteiger partial charge in [0.2, 0.25) is 0 Å². The molecule has 0 amide bonds. The van der Waals surface area contributed by atoms with Crippen LogP contribution in [0.25, 0.3) is 0 Å². The van der Waals surface area contributed by atoms with Gasteiger partial charge in [-0.3, -0.25) is 0 Å². The smallest absolute Gasteiger partial charge is 0.0145 e. The summed E-state index contributed by atoms with van der Waals surface area (Å²) >= 11 is 0. The number of nitrogens with zero attached hydrogens (tertiary/aromatic N) is 1. The zero-order valence-corrected chi connectivity index (χ0v) is 13.3. The van der Waals surface area contributed by atoms with Gasteiger partial charge in [0.15, 0.2) is 0 Å². The van der Waals surface area contributed by atoms with Gasteiger partial charge >= 0.3 is 0 Å². The molecule has 0 spiro atoms. The highest BCUT2D eigenvalue weighted by Gasteiger charge is 2.39. The molecule has 0 aromatic rings. The second-order valence-electron chi connectivity index (χ2n) is 7.28. The topological polar surface area (TPSA) is 67.3 Å². The number of nitrogens with two attached hydrogens (primary N) is 2.